The fourth-order valence-corrected chi connectivity index (χ4v) is 3.14. The van der Waals surface area contributed by atoms with E-state index in [1.165, 1.54) is 19.3 Å². The van der Waals surface area contributed by atoms with E-state index < -0.39 is 0 Å². The Morgan fingerprint density at radius 1 is 1.26 bits per heavy atom. The molecule has 0 amide bonds. The van der Waals surface area contributed by atoms with E-state index >= 15 is 0 Å². The van der Waals surface area contributed by atoms with Gasteiger partial charge in [-0.05, 0) is 49.5 Å². The number of phenols is 2. The molecule has 0 aliphatic heterocycles. The van der Waals surface area contributed by atoms with Crippen LogP contribution in [0.15, 0.2) is 18.2 Å². The van der Waals surface area contributed by atoms with Crippen LogP contribution in [0.4, 0.5) is 0 Å². The molecule has 1 aromatic rings. The second kappa shape index (κ2) is 6.26. The van der Waals surface area contributed by atoms with Crippen LogP contribution in [0.2, 0.25) is 0 Å². The summed E-state index contributed by atoms with van der Waals surface area (Å²) in [6.07, 6.45) is 3.68. The highest BCUT2D eigenvalue weighted by Gasteiger charge is 2.30. The topological polar surface area (TPSA) is 69.7 Å². The fourth-order valence-electron chi connectivity index (χ4n) is 3.14. The summed E-state index contributed by atoms with van der Waals surface area (Å²) in [7, 11) is 0. The van der Waals surface area contributed by atoms with Gasteiger partial charge in [-0.25, -0.2) is 0 Å². The Hall–Kier alpha value is -1.26. The molecule has 1 aliphatic carbocycles. The van der Waals surface area contributed by atoms with Gasteiger partial charge in [0.05, 0.1) is 0 Å². The second-order valence-electron chi connectivity index (χ2n) is 5.38. The normalized spacial score (nSPS) is 23.1. The maximum Gasteiger partial charge on any atom is 0.157 e. The zero-order chi connectivity index (χ0) is 13.8. The van der Waals surface area contributed by atoms with Crippen LogP contribution in [0.25, 0.3) is 0 Å². The SMILES string of the molecule is CCN(Cc1ccc(O)c(O)c1)C1CCCC1CN. The van der Waals surface area contributed by atoms with Crippen LogP contribution in [0.3, 0.4) is 0 Å². The lowest BCUT2D eigenvalue weighted by Gasteiger charge is -2.31. The number of rotatable bonds is 5. The first kappa shape index (κ1) is 14.2. The van der Waals surface area contributed by atoms with E-state index in [0.717, 1.165) is 25.2 Å². The molecule has 19 heavy (non-hydrogen) atoms. The molecule has 4 heteroatoms. The lowest BCUT2D eigenvalue weighted by Crippen LogP contribution is -2.39. The Balaban J connectivity index is 2.08. The minimum absolute atomic E-state index is 0.0460. The van der Waals surface area contributed by atoms with Gasteiger partial charge >= 0.3 is 0 Å². The van der Waals surface area contributed by atoms with Crippen molar-refractivity contribution in [2.24, 2.45) is 11.7 Å². The molecule has 2 unspecified atom stereocenters. The molecule has 2 rings (SSSR count). The predicted molar refractivity (Wildman–Crippen MR) is 76.0 cm³/mol. The molecule has 1 fully saturated rings. The lowest BCUT2D eigenvalue weighted by molar-refractivity contribution is 0.162. The third-order valence-corrected chi connectivity index (χ3v) is 4.22. The molecule has 4 nitrogen and oxygen atoms in total. The number of nitrogens with zero attached hydrogens (tertiary/aromatic N) is 1. The smallest absolute Gasteiger partial charge is 0.157 e. The van der Waals surface area contributed by atoms with Crippen LogP contribution in [0.5, 0.6) is 11.5 Å². The molecular weight excluding hydrogens is 240 g/mol. The molecule has 4 N–H and O–H groups in total. The number of hydrogen-bond donors (Lipinski definition) is 3. The number of aromatic hydroxyl groups is 2. The molecule has 1 aliphatic rings. The van der Waals surface area contributed by atoms with Crippen molar-refractivity contribution in [3.63, 3.8) is 0 Å². The van der Waals surface area contributed by atoms with E-state index in [9.17, 15) is 10.2 Å². The second-order valence-corrected chi connectivity index (χ2v) is 5.38. The molecule has 0 spiro atoms. The summed E-state index contributed by atoms with van der Waals surface area (Å²) in [5, 5.41) is 18.9. The predicted octanol–water partition coefficient (Wildman–Crippen LogP) is 2.05. The molecule has 1 aromatic carbocycles. The summed E-state index contributed by atoms with van der Waals surface area (Å²) >= 11 is 0. The lowest BCUT2D eigenvalue weighted by atomic mass is 10.0. The first-order valence-corrected chi connectivity index (χ1v) is 7.10. The number of phenolic OH excluding ortho intramolecular Hbond substituents is 2. The van der Waals surface area contributed by atoms with Crippen molar-refractivity contribution in [1.29, 1.82) is 0 Å². The van der Waals surface area contributed by atoms with Crippen molar-refractivity contribution in [3.8, 4) is 11.5 Å². The third kappa shape index (κ3) is 3.19. The maximum absolute atomic E-state index is 9.56. The molecule has 1 saturated carbocycles. The molecule has 0 bridgehead atoms. The van der Waals surface area contributed by atoms with Crippen molar-refractivity contribution in [2.45, 2.75) is 38.8 Å². The van der Waals surface area contributed by atoms with Crippen molar-refractivity contribution >= 4 is 0 Å². The summed E-state index contributed by atoms with van der Waals surface area (Å²) in [6.45, 7) is 4.68. The van der Waals surface area contributed by atoms with Gasteiger partial charge in [0.2, 0.25) is 0 Å². The third-order valence-electron chi connectivity index (χ3n) is 4.22. The number of hydrogen-bond acceptors (Lipinski definition) is 4. The summed E-state index contributed by atoms with van der Waals surface area (Å²) in [5.74, 6) is 0.480. The molecule has 0 aromatic heterocycles. The summed E-state index contributed by atoms with van der Waals surface area (Å²) in [5.41, 5.74) is 6.88. The molecule has 0 saturated heterocycles. The maximum atomic E-state index is 9.56. The Bertz CT molecular complexity index is 423. The average molecular weight is 264 g/mol. The van der Waals surface area contributed by atoms with Gasteiger partial charge < -0.3 is 15.9 Å². The van der Waals surface area contributed by atoms with Gasteiger partial charge in [-0.15, -0.1) is 0 Å². The highest BCUT2D eigenvalue weighted by molar-refractivity contribution is 5.40. The Morgan fingerprint density at radius 2 is 2.05 bits per heavy atom. The summed E-state index contributed by atoms with van der Waals surface area (Å²) < 4.78 is 0. The van der Waals surface area contributed by atoms with Crippen molar-refractivity contribution < 1.29 is 10.2 Å². The number of benzene rings is 1. The van der Waals surface area contributed by atoms with Crippen LogP contribution < -0.4 is 5.73 Å². The van der Waals surface area contributed by atoms with Crippen LogP contribution >= 0.6 is 0 Å². The quantitative estimate of drug-likeness (QED) is 0.712. The summed E-state index contributed by atoms with van der Waals surface area (Å²) in [4.78, 5) is 2.43. The molecule has 0 radical (unpaired) electrons. The number of nitrogens with two attached hydrogens (primary N) is 1. The van der Waals surface area contributed by atoms with Crippen molar-refractivity contribution in [2.75, 3.05) is 13.1 Å². The van der Waals surface area contributed by atoms with Crippen LogP contribution in [0, 0.1) is 5.92 Å². The van der Waals surface area contributed by atoms with E-state index in [2.05, 4.69) is 11.8 Å². The standard InChI is InChI=1S/C15H24N2O2/c1-2-17(13-5-3-4-12(13)9-16)10-11-6-7-14(18)15(19)8-11/h6-8,12-13,18-19H,2-5,9-10,16H2,1H3. The first-order chi connectivity index (χ1) is 9.15. The van der Waals surface area contributed by atoms with E-state index in [1.54, 1.807) is 12.1 Å². The van der Waals surface area contributed by atoms with Gasteiger partial charge in [0.15, 0.2) is 11.5 Å². The highest BCUT2D eigenvalue weighted by Crippen LogP contribution is 2.31. The van der Waals surface area contributed by atoms with Gasteiger partial charge in [-0.2, -0.15) is 0 Å². The minimum atomic E-state index is -0.0625. The van der Waals surface area contributed by atoms with Gasteiger partial charge in [0.25, 0.3) is 0 Å². The van der Waals surface area contributed by atoms with Gasteiger partial charge in [-0.3, -0.25) is 4.90 Å². The fraction of sp³-hybridized carbons (Fsp3) is 0.600. The molecule has 0 heterocycles. The van der Waals surface area contributed by atoms with Crippen molar-refractivity contribution in [3.05, 3.63) is 23.8 Å². The average Bonchev–Trinajstić information content (AvgIpc) is 2.88. The zero-order valence-corrected chi connectivity index (χ0v) is 11.5. The Labute approximate surface area is 114 Å². The Kier molecular flexibility index (Phi) is 4.66. The van der Waals surface area contributed by atoms with Crippen LogP contribution in [-0.2, 0) is 6.54 Å². The molecular formula is C15H24N2O2. The summed E-state index contributed by atoms with van der Waals surface area (Å²) in [6, 6.07) is 5.60. The van der Waals surface area contributed by atoms with Gasteiger partial charge in [0.1, 0.15) is 0 Å². The van der Waals surface area contributed by atoms with E-state index in [4.69, 9.17) is 5.73 Å². The van der Waals surface area contributed by atoms with E-state index in [-0.39, 0.29) is 11.5 Å². The van der Waals surface area contributed by atoms with Gasteiger partial charge in [-0.1, -0.05) is 19.4 Å². The molecule has 2 atom stereocenters. The largest absolute Gasteiger partial charge is 0.504 e. The van der Waals surface area contributed by atoms with Gasteiger partial charge in [0, 0.05) is 12.6 Å². The minimum Gasteiger partial charge on any atom is -0.504 e. The first-order valence-electron chi connectivity index (χ1n) is 7.10. The van der Waals surface area contributed by atoms with Crippen LogP contribution in [-0.4, -0.2) is 34.2 Å². The van der Waals surface area contributed by atoms with Crippen molar-refractivity contribution in [1.82, 2.24) is 4.90 Å². The highest BCUT2D eigenvalue weighted by atomic mass is 16.3. The Morgan fingerprint density at radius 3 is 2.68 bits per heavy atom. The molecule has 106 valence electrons. The van der Waals surface area contributed by atoms with Crippen LogP contribution in [0.1, 0.15) is 31.7 Å². The monoisotopic (exact) mass is 264 g/mol. The van der Waals surface area contributed by atoms with E-state index in [1.807, 2.05) is 6.07 Å². The zero-order valence-electron chi connectivity index (χ0n) is 11.5. The van der Waals surface area contributed by atoms with E-state index in [0.29, 0.717) is 12.0 Å².